The van der Waals surface area contributed by atoms with E-state index in [0.29, 0.717) is 28.7 Å². The summed E-state index contributed by atoms with van der Waals surface area (Å²) in [6.07, 6.45) is 0.296. The van der Waals surface area contributed by atoms with E-state index in [2.05, 4.69) is 6.07 Å². The number of carbonyl (C=O) groups excluding carboxylic acids is 3. The Morgan fingerprint density at radius 1 is 1.04 bits per heavy atom. The van der Waals surface area contributed by atoms with Gasteiger partial charge in [-0.3, -0.25) is 14.5 Å². The molecule has 0 fully saturated rings. The zero-order valence-electron chi connectivity index (χ0n) is 15.7. The zero-order valence-corrected chi connectivity index (χ0v) is 15.7. The molecule has 6 nitrogen and oxygen atoms in total. The van der Waals surface area contributed by atoms with Gasteiger partial charge in [0.25, 0.3) is 11.8 Å². The maximum atomic E-state index is 12.8. The van der Waals surface area contributed by atoms with Crippen LogP contribution in [-0.2, 0) is 16.1 Å². The van der Waals surface area contributed by atoms with Gasteiger partial charge >= 0.3 is 5.97 Å². The second-order valence-electron chi connectivity index (χ2n) is 7.05. The molecule has 0 radical (unpaired) electrons. The van der Waals surface area contributed by atoms with Gasteiger partial charge in [0.15, 0.2) is 0 Å². The smallest absolute Gasteiger partial charge is 0.329 e. The van der Waals surface area contributed by atoms with E-state index >= 15 is 0 Å². The standard InChI is InChI=1S/C22H20N2O4/c1-14(2)11-19(22(27)28-13-16-8-4-3-7-15(16)12-23)24-20(25)17-9-5-6-10-18(17)21(24)26/h3-10,14,19H,11,13H2,1-2H3/t19-/m1/s1. The number of hydrogen-bond donors (Lipinski definition) is 0. The third-order valence-corrected chi connectivity index (χ3v) is 4.61. The van der Waals surface area contributed by atoms with Crippen LogP contribution in [0.1, 0.15) is 52.1 Å². The number of fused-ring (bicyclic) bond motifs is 1. The molecule has 1 aliphatic heterocycles. The van der Waals surface area contributed by atoms with Crippen molar-refractivity contribution in [2.24, 2.45) is 5.92 Å². The number of benzene rings is 2. The molecule has 2 aromatic carbocycles. The third-order valence-electron chi connectivity index (χ3n) is 4.61. The second-order valence-corrected chi connectivity index (χ2v) is 7.05. The summed E-state index contributed by atoms with van der Waals surface area (Å²) in [4.78, 5) is 39.4. The summed E-state index contributed by atoms with van der Waals surface area (Å²) in [6.45, 7) is 3.72. The molecule has 0 bridgehead atoms. The van der Waals surface area contributed by atoms with Crippen molar-refractivity contribution >= 4 is 17.8 Å². The van der Waals surface area contributed by atoms with Crippen LogP contribution in [-0.4, -0.2) is 28.7 Å². The van der Waals surface area contributed by atoms with E-state index in [-0.39, 0.29) is 12.5 Å². The molecule has 0 unspecified atom stereocenters. The molecular weight excluding hydrogens is 356 g/mol. The molecule has 0 saturated carbocycles. The Balaban J connectivity index is 1.83. The average molecular weight is 376 g/mol. The predicted molar refractivity (Wildman–Crippen MR) is 101 cm³/mol. The van der Waals surface area contributed by atoms with E-state index in [4.69, 9.17) is 10.00 Å². The van der Waals surface area contributed by atoms with Crippen molar-refractivity contribution in [3.63, 3.8) is 0 Å². The number of carbonyl (C=O) groups is 3. The van der Waals surface area contributed by atoms with Gasteiger partial charge in [-0.1, -0.05) is 44.2 Å². The molecular formula is C22H20N2O4. The molecule has 0 N–H and O–H groups in total. The van der Waals surface area contributed by atoms with E-state index in [1.807, 2.05) is 13.8 Å². The average Bonchev–Trinajstić information content (AvgIpc) is 2.95. The van der Waals surface area contributed by atoms with E-state index in [1.165, 1.54) is 0 Å². The Morgan fingerprint density at radius 2 is 1.61 bits per heavy atom. The SMILES string of the molecule is CC(C)C[C@H](C(=O)OCc1ccccc1C#N)N1C(=O)c2ccccc2C1=O. The first kappa shape index (κ1) is 19.3. The number of amides is 2. The van der Waals surface area contributed by atoms with Gasteiger partial charge in [-0.05, 0) is 30.5 Å². The van der Waals surface area contributed by atoms with Crippen molar-refractivity contribution in [3.05, 3.63) is 70.8 Å². The van der Waals surface area contributed by atoms with Crippen LogP contribution >= 0.6 is 0 Å². The highest BCUT2D eigenvalue weighted by molar-refractivity contribution is 6.22. The summed E-state index contributed by atoms with van der Waals surface area (Å²) >= 11 is 0. The first-order valence-corrected chi connectivity index (χ1v) is 9.05. The van der Waals surface area contributed by atoms with Crippen molar-refractivity contribution in [1.82, 2.24) is 4.90 Å². The lowest BCUT2D eigenvalue weighted by molar-refractivity contribution is -0.150. The number of esters is 1. The Bertz CT molecular complexity index is 939. The molecule has 28 heavy (non-hydrogen) atoms. The first-order chi connectivity index (χ1) is 13.4. The van der Waals surface area contributed by atoms with Crippen LogP contribution in [0.2, 0.25) is 0 Å². The molecule has 2 aromatic rings. The fraction of sp³-hybridized carbons (Fsp3) is 0.273. The van der Waals surface area contributed by atoms with E-state index < -0.39 is 23.8 Å². The number of imide groups is 1. The minimum atomic E-state index is -1.01. The van der Waals surface area contributed by atoms with Crippen LogP contribution in [0.5, 0.6) is 0 Å². The highest BCUT2D eigenvalue weighted by atomic mass is 16.5. The number of rotatable bonds is 6. The van der Waals surface area contributed by atoms with E-state index in [0.717, 1.165) is 4.90 Å². The van der Waals surface area contributed by atoms with Gasteiger partial charge < -0.3 is 4.74 Å². The first-order valence-electron chi connectivity index (χ1n) is 9.05. The highest BCUT2D eigenvalue weighted by Gasteiger charge is 2.43. The predicted octanol–water partition coefficient (Wildman–Crippen LogP) is 3.31. The Kier molecular flexibility index (Phi) is 5.55. The summed E-state index contributed by atoms with van der Waals surface area (Å²) in [6, 6.07) is 14.4. The van der Waals surface area contributed by atoms with Crippen molar-refractivity contribution in [2.45, 2.75) is 32.9 Å². The maximum absolute atomic E-state index is 12.8. The molecule has 2 amide bonds. The monoisotopic (exact) mass is 376 g/mol. The van der Waals surface area contributed by atoms with Crippen molar-refractivity contribution in [2.75, 3.05) is 0 Å². The van der Waals surface area contributed by atoms with Gasteiger partial charge in [0.2, 0.25) is 0 Å². The molecule has 1 aliphatic rings. The lowest BCUT2D eigenvalue weighted by atomic mass is 10.0. The highest BCUT2D eigenvalue weighted by Crippen LogP contribution is 2.27. The Morgan fingerprint density at radius 3 is 2.18 bits per heavy atom. The van der Waals surface area contributed by atoms with Gasteiger partial charge in [0.05, 0.1) is 22.8 Å². The second kappa shape index (κ2) is 8.05. The molecule has 6 heteroatoms. The van der Waals surface area contributed by atoms with Crippen LogP contribution < -0.4 is 0 Å². The van der Waals surface area contributed by atoms with Gasteiger partial charge in [-0.25, -0.2) is 4.79 Å². The number of nitriles is 1. The van der Waals surface area contributed by atoms with Crippen molar-refractivity contribution in [1.29, 1.82) is 5.26 Å². The number of ether oxygens (including phenoxy) is 1. The number of hydrogen-bond acceptors (Lipinski definition) is 5. The topological polar surface area (TPSA) is 87.5 Å². The largest absolute Gasteiger partial charge is 0.459 e. The quantitative estimate of drug-likeness (QED) is 0.570. The molecule has 0 aromatic heterocycles. The van der Waals surface area contributed by atoms with Crippen molar-refractivity contribution < 1.29 is 19.1 Å². The summed E-state index contributed by atoms with van der Waals surface area (Å²) in [7, 11) is 0. The van der Waals surface area contributed by atoms with Crippen LogP contribution in [0.4, 0.5) is 0 Å². The molecule has 0 saturated heterocycles. The molecule has 3 rings (SSSR count). The van der Waals surface area contributed by atoms with Crippen molar-refractivity contribution in [3.8, 4) is 6.07 Å². The van der Waals surface area contributed by atoms with Crippen LogP contribution in [0.15, 0.2) is 48.5 Å². The summed E-state index contributed by atoms with van der Waals surface area (Å²) in [5.74, 6) is -1.56. The van der Waals surface area contributed by atoms with Crippen LogP contribution in [0.3, 0.4) is 0 Å². The fourth-order valence-electron chi connectivity index (χ4n) is 3.24. The van der Waals surface area contributed by atoms with E-state index in [1.54, 1.807) is 48.5 Å². The molecule has 0 spiro atoms. The summed E-state index contributed by atoms with van der Waals surface area (Å²) in [5.41, 5.74) is 1.58. The van der Waals surface area contributed by atoms with Crippen LogP contribution in [0, 0.1) is 17.2 Å². The zero-order chi connectivity index (χ0) is 20.3. The molecule has 1 heterocycles. The minimum Gasteiger partial charge on any atom is -0.459 e. The molecule has 1 atom stereocenters. The van der Waals surface area contributed by atoms with Crippen LogP contribution in [0.25, 0.3) is 0 Å². The van der Waals surface area contributed by atoms with Gasteiger partial charge in [0.1, 0.15) is 12.6 Å². The van der Waals surface area contributed by atoms with Gasteiger partial charge in [0, 0.05) is 5.56 Å². The summed E-state index contributed by atoms with van der Waals surface area (Å²) in [5, 5.41) is 9.17. The lowest BCUT2D eigenvalue weighted by Gasteiger charge is -2.26. The normalized spacial score (nSPS) is 14.0. The van der Waals surface area contributed by atoms with Gasteiger partial charge in [-0.2, -0.15) is 5.26 Å². The Hall–Kier alpha value is -3.46. The molecule has 0 aliphatic carbocycles. The molecule has 142 valence electrons. The summed E-state index contributed by atoms with van der Waals surface area (Å²) < 4.78 is 5.41. The third kappa shape index (κ3) is 3.65. The van der Waals surface area contributed by atoms with Gasteiger partial charge in [-0.15, -0.1) is 0 Å². The maximum Gasteiger partial charge on any atom is 0.329 e. The minimum absolute atomic E-state index is 0.0632. The lowest BCUT2D eigenvalue weighted by Crippen LogP contribution is -2.46. The fourth-order valence-corrected chi connectivity index (χ4v) is 3.24. The number of nitrogens with zero attached hydrogens (tertiary/aromatic N) is 2. The van der Waals surface area contributed by atoms with E-state index in [9.17, 15) is 14.4 Å². The Labute approximate surface area is 163 Å².